The van der Waals surface area contributed by atoms with E-state index >= 15 is 0 Å². The Morgan fingerprint density at radius 1 is 1.67 bits per heavy atom. The highest BCUT2D eigenvalue weighted by molar-refractivity contribution is 7.18. The lowest BCUT2D eigenvalue weighted by Gasteiger charge is -2.15. The van der Waals surface area contributed by atoms with Crippen LogP contribution in [-0.4, -0.2) is 24.1 Å². The van der Waals surface area contributed by atoms with Crippen molar-refractivity contribution in [3.63, 3.8) is 0 Å². The van der Waals surface area contributed by atoms with E-state index < -0.39 is 5.97 Å². The van der Waals surface area contributed by atoms with E-state index in [0.717, 1.165) is 12.3 Å². The molecule has 6 heteroatoms. The smallest absolute Gasteiger partial charge is 0.351 e. The summed E-state index contributed by atoms with van der Waals surface area (Å²) in [5, 5.41) is 4.28. The Balaban J connectivity index is 2.01. The van der Waals surface area contributed by atoms with Crippen LogP contribution in [0.1, 0.15) is 42.3 Å². The Bertz CT molecular complexity index is 432. The lowest BCUT2D eigenvalue weighted by molar-refractivity contribution is 0.0606. The minimum absolute atomic E-state index is 0.218. The van der Waals surface area contributed by atoms with Crippen molar-refractivity contribution in [1.82, 2.24) is 4.98 Å². The molecule has 1 unspecified atom stereocenters. The summed E-state index contributed by atoms with van der Waals surface area (Å²) in [7, 11) is 1.34. The summed E-state index contributed by atoms with van der Waals surface area (Å²) < 4.78 is 4.66. The van der Waals surface area contributed by atoms with E-state index in [1.807, 2.05) is 0 Å². The molecule has 1 heterocycles. The molecule has 0 bridgehead atoms. The van der Waals surface area contributed by atoms with Crippen LogP contribution in [-0.2, 0) is 4.74 Å². The molecule has 1 saturated carbocycles. The minimum Gasteiger partial charge on any atom is -0.465 e. The molecule has 0 aliphatic heterocycles. The Morgan fingerprint density at radius 3 is 2.94 bits per heavy atom. The van der Waals surface area contributed by atoms with Crippen LogP contribution in [0.5, 0.6) is 0 Å². The Labute approximate surface area is 116 Å². The number of aromatic nitrogens is 1. The number of hydrogen-bond acceptors (Lipinski definition) is 5. The fourth-order valence-corrected chi connectivity index (χ4v) is 3.02. The number of thiazole rings is 1. The maximum Gasteiger partial charge on any atom is 0.351 e. The van der Waals surface area contributed by atoms with Crippen molar-refractivity contribution < 1.29 is 9.53 Å². The minimum atomic E-state index is -0.430. The van der Waals surface area contributed by atoms with Gasteiger partial charge in [0, 0.05) is 6.04 Å². The van der Waals surface area contributed by atoms with Gasteiger partial charge in [-0.3, -0.25) is 0 Å². The molecule has 1 N–H and O–H groups in total. The first-order valence-corrected chi connectivity index (χ1v) is 7.34. The second-order valence-corrected chi connectivity index (χ2v) is 5.92. The Kier molecular flexibility index (Phi) is 4.45. The van der Waals surface area contributed by atoms with Crippen LogP contribution in [0, 0.1) is 5.92 Å². The molecule has 1 aromatic heterocycles. The number of nitrogens with zero attached hydrogens (tertiary/aromatic N) is 1. The standard InChI is InChI=1S/C12H17ClN2O2S/c1-3-8(6-7-4-5-7)14-12-15-10(13)9(18-12)11(16)17-2/h7-8H,3-6H2,1-2H3,(H,14,15). The molecule has 100 valence electrons. The third-order valence-corrected chi connectivity index (χ3v) is 4.44. The van der Waals surface area contributed by atoms with Crippen molar-refractivity contribution in [2.75, 3.05) is 12.4 Å². The van der Waals surface area contributed by atoms with E-state index in [9.17, 15) is 4.79 Å². The van der Waals surface area contributed by atoms with E-state index in [-0.39, 0.29) is 5.15 Å². The van der Waals surface area contributed by atoms with Crippen LogP contribution in [0.25, 0.3) is 0 Å². The van der Waals surface area contributed by atoms with E-state index in [2.05, 4.69) is 22.0 Å². The van der Waals surface area contributed by atoms with Gasteiger partial charge in [-0.05, 0) is 18.8 Å². The van der Waals surface area contributed by atoms with Gasteiger partial charge in [-0.15, -0.1) is 0 Å². The first-order chi connectivity index (χ1) is 8.63. The van der Waals surface area contributed by atoms with Gasteiger partial charge in [0.1, 0.15) is 0 Å². The number of halogens is 1. The van der Waals surface area contributed by atoms with Gasteiger partial charge >= 0.3 is 5.97 Å². The number of nitrogens with one attached hydrogen (secondary N) is 1. The normalized spacial score (nSPS) is 16.4. The van der Waals surface area contributed by atoms with Gasteiger partial charge in [0.05, 0.1) is 7.11 Å². The fraction of sp³-hybridized carbons (Fsp3) is 0.667. The summed E-state index contributed by atoms with van der Waals surface area (Å²) in [5.41, 5.74) is 0. The van der Waals surface area contributed by atoms with E-state index in [4.69, 9.17) is 11.6 Å². The molecule has 0 radical (unpaired) electrons. The van der Waals surface area contributed by atoms with E-state index in [0.29, 0.717) is 16.1 Å². The summed E-state index contributed by atoms with van der Waals surface area (Å²) in [5.74, 6) is 0.429. The number of carbonyl (C=O) groups is 1. The zero-order valence-electron chi connectivity index (χ0n) is 10.5. The number of rotatable bonds is 6. The second-order valence-electron chi connectivity index (χ2n) is 4.56. The van der Waals surface area contributed by atoms with Gasteiger partial charge in [0.2, 0.25) is 0 Å². The molecular formula is C12H17ClN2O2S. The van der Waals surface area contributed by atoms with Crippen molar-refractivity contribution in [1.29, 1.82) is 0 Å². The monoisotopic (exact) mass is 288 g/mol. The molecule has 0 aromatic carbocycles. The van der Waals surface area contributed by atoms with Crippen LogP contribution >= 0.6 is 22.9 Å². The topological polar surface area (TPSA) is 51.2 Å². The maximum absolute atomic E-state index is 11.4. The van der Waals surface area contributed by atoms with Crippen molar-refractivity contribution in [3.8, 4) is 0 Å². The van der Waals surface area contributed by atoms with Crippen molar-refractivity contribution in [2.45, 2.75) is 38.6 Å². The lowest BCUT2D eigenvalue weighted by atomic mass is 10.1. The quantitative estimate of drug-likeness (QED) is 0.813. The van der Waals surface area contributed by atoms with Crippen molar-refractivity contribution >= 4 is 34.0 Å². The van der Waals surface area contributed by atoms with Crippen LogP contribution in [0.15, 0.2) is 0 Å². The summed E-state index contributed by atoms with van der Waals surface area (Å²) >= 11 is 7.18. The van der Waals surface area contributed by atoms with E-state index in [1.165, 1.54) is 37.7 Å². The van der Waals surface area contributed by atoms with Crippen LogP contribution in [0.3, 0.4) is 0 Å². The maximum atomic E-state index is 11.4. The van der Waals surface area contributed by atoms with Gasteiger partial charge in [-0.2, -0.15) is 0 Å². The molecule has 2 rings (SSSR count). The van der Waals surface area contributed by atoms with Gasteiger partial charge < -0.3 is 10.1 Å². The van der Waals surface area contributed by atoms with E-state index in [1.54, 1.807) is 0 Å². The van der Waals surface area contributed by atoms with Crippen LogP contribution in [0.2, 0.25) is 5.15 Å². The summed E-state index contributed by atoms with van der Waals surface area (Å²) in [4.78, 5) is 16.0. The van der Waals surface area contributed by atoms with Crippen LogP contribution in [0.4, 0.5) is 5.13 Å². The molecule has 0 spiro atoms. The summed E-state index contributed by atoms with van der Waals surface area (Å²) in [6.07, 6.45) is 4.89. The molecule has 1 aliphatic carbocycles. The number of ether oxygens (including phenoxy) is 1. The van der Waals surface area contributed by atoms with Gasteiger partial charge in [0.25, 0.3) is 0 Å². The molecular weight excluding hydrogens is 272 g/mol. The fourth-order valence-electron chi connectivity index (χ4n) is 1.84. The van der Waals surface area contributed by atoms with Gasteiger partial charge in [-0.25, -0.2) is 9.78 Å². The number of methoxy groups -OCH3 is 1. The molecule has 0 amide bonds. The molecule has 18 heavy (non-hydrogen) atoms. The summed E-state index contributed by atoms with van der Waals surface area (Å²) in [6.45, 7) is 2.15. The number of hydrogen-bond donors (Lipinski definition) is 1. The summed E-state index contributed by atoms with van der Waals surface area (Å²) in [6, 6.07) is 0.408. The zero-order chi connectivity index (χ0) is 13.1. The molecule has 1 atom stereocenters. The van der Waals surface area contributed by atoms with Crippen LogP contribution < -0.4 is 5.32 Å². The zero-order valence-corrected chi connectivity index (χ0v) is 12.1. The Hall–Kier alpha value is -0.810. The predicted molar refractivity (Wildman–Crippen MR) is 73.5 cm³/mol. The largest absolute Gasteiger partial charge is 0.465 e. The van der Waals surface area contributed by atoms with Crippen molar-refractivity contribution in [2.24, 2.45) is 5.92 Å². The number of carbonyl (C=O) groups excluding carboxylic acids is 1. The number of anilines is 1. The lowest BCUT2D eigenvalue weighted by Crippen LogP contribution is -2.18. The SMILES string of the molecule is CCC(CC1CC1)Nc1nc(Cl)c(C(=O)OC)s1. The third kappa shape index (κ3) is 3.36. The molecule has 1 aliphatic rings. The molecule has 1 aromatic rings. The molecule has 1 fully saturated rings. The number of esters is 1. The molecule has 4 nitrogen and oxygen atoms in total. The molecule has 0 saturated heterocycles. The highest BCUT2D eigenvalue weighted by Gasteiger charge is 2.25. The van der Waals surface area contributed by atoms with Gasteiger partial charge in [-0.1, -0.05) is 42.7 Å². The third-order valence-electron chi connectivity index (χ3n) is 3.09. The van der Waals surface area contributed by atoms with Crippen molar-refractivity contribution in [3.05, 3.63) is 10.0 Å². The first-order valence-electron chi connectivity index (χ1n) is 6.15. The average Bonchev–Trinajstić information content (AvgIpc) is 3.10. The second kappa shape index (κ2) is 5.89. The highest BCUT2D eigenvalue weighted by atomic mass is 35.5. The predicted octanol–water partition coefficient (Wildman–Crippen LogP) is 3.57. The Morgan fingerprint density at radius 2 is 2.39 bits per heavy atom. The average molecular weight is 289 g/mol. The first kappa shape index (κ1) is 13.6. The highest BCUT2D eigenvalue weighted by Crippen LogP contribution is 2.35. The van der Waals surface area contributed by atoms with Gasteiger partial charge in [0.15, 0.2) is 15.2 Å².